The Labute approximate surface area is 80.0 Å². The SMILES string of the molecule is CC(N)C1CC1(C)c1ccccc1. The quantitative estimate of drug-likeness (QED) is 0.733. The van der Waals surface area contributed by atoms with Gasteiger partial charge in [0.05, 0.1) is 0 Å². The Morgan fingerprint density at radius 1 is 1.38 bits per heavy atom. The van der Waals surface area contributed by atoms with Crippen LogP contribution < -0.4 is 5.73 Å². The minimum atomic E-state index is 0.324. The first-order chi connectivity index (χ1) is 6.14. The van der Waals surface area contributed by atoms with Crippen molar-refractivity contribution in [1.82, 2.24) is 0 Å². The largest absolute Gasteiger partial charge is 0.328 e. The van der Waals surface area contributed by atoms with Crippen molar-refractivity contribution in [1.29, 1.82) is 0 Å². The molecule has 0 radical (unpaired) electrons. The smallest absolute Gasteiger partial charge is 0.00474 e. The van der Waals surface area contributed by atoms with Gasteiger partial charge in [0.25, 0.3) is 0 Å². The van der Waals surface area contributed by atoms with Crippen LogP contribution in [0.15, 0.2) is 30.3 Å². The summed E-state index contributed by atoms with van der Waals surface area (Å²) >= 11 is 0. The lowest BCUT2D eigenvalue weighted by molar-refractivity contribution is 0.564. The molecule has 3 unspecified atom stereocenters. The zero-order valence-corrected chi connectivity index (χ0v) is 8.33. The third-order valence-corrected chi connectivity index (χ3v) is 3.37. The van der Waals surface area contributed by atoms with E-state index in [0.29, 0.717) is 17.4 Å². The van der Waals surface area contributed by atoms with Gasteiger partial charge in [0.15, 0.2) is 0 Å². The molecular weight excluding hydrogens is 158 g/mol. The molecule has 1 aliphatic rings. The zero-order valence-electron chi connectivity index (χ0n) is 8.33. The summed E-state index contributed by atoms with van der Waals surface area (Å²) < 4.78 is 0. The fourth-order valence-corrected chi connectivity index (χ4v) is 2.31. The lowest BCUT2D eigenvalue weighted by atomic mass is 9.94. The monoisotopic (exact) mass is 175 g/mol. The molecule has 70 valence electrons. The lowest BCUT2D eigenvalue weighted by Gasteiger charge is -2.13. The number of benzene rings is 1. The molecule has 1 heteroatoms. The van der Waals surface area contributed by atoms with Crippen molar-refractivity contribution in [3.8, 4) is 0 Å². The van der Waals surface area contributed by atoms with Crippen molar-refractivity contribution in [3.05, 3.63) is 35.9 Å². The maximum Gasteiger partial charge on any atom is 0.00474 e. The molecule has 1 aliphatic carbocycles. The molecule has 2 rings (SSSR count). The Morgan fingerprint density at radius 2 is 2.00 bits per heavy atom. The van der Waals surface area contributed by atoms with Crippen LogP contribution in [0.5, 0.6) is 0 Å². The van der Waals surface area contributed by atoms with Gasteiger partial charge in [-0.05, 0) is 30.2 Å². The van der Waals surface area contributed by atoms with Gasteiger partial charge in [0.1, 0.15) is 0 Å². The van der Waals surface area contributed by atoms with Crippen molar-refractivity contribution in [2.45, 2.75) is 31.7 Å². The summed E-state index contributed by atoms with van der Waals surface area (Å²) in [6.45, 7) is 4.43. The molecule has 1 aromatic carbocycles. The van der Waals surface area contributed by atoms with Crippen LogP contribution in [0.3, 0.4) is 0 Å². The molecule has 0 aromatic heterocycles. The molecule has 0 aliphatic heterocycles. The lowest BCUT2D eigenvalue weighted by Crippen LogP contribution is -2.22. The average Bonchev–Trinajstić information content (AvgIpc) is 2.82. The highest BCUT2D eigenvalue weighted by Gasteiger charge is 2.52. The summed E-state index contributed by atoms with van der Waals surface area (Å²) in [5.41, 5.74) is 7.71. The Morgan fingerprint density at radius 3 is 2.46 bits per heavy atom. The van der Waals surface area contributed by atoms with Crippen molar-refractivity contribution in [3.63, 3.8) is 0 Å². The predicted octanol–water partition coefficient (Wildman–Crippen LogP) is 2.31. The highest BCUT2D eigenvalue weighted by Crippen LogP contribution is 2.54. The van der Waals surface area contributed by atoms with Crippen LogP contribution in [0.4, 0.5) is 0 Å². The van der Waals surface area contributed by atoms with E-state index < -0.39 is 0 Å². The standard InChI is InChI=1S/C12H17N/c1-9(13)11-8-12(11,2)10-6-4-3-5-7-10/h3-7,9,11H,8,13H2,1-2H3. The van der Waals surface area contributed by atoms with E-state index in [1.165, 1.54) is 12.0 Å². The van der Waals surface area contributed by atoms with Crippen LogP contribution in [0.2, 0.25) is 0 Å². The topological polar surface area (TPSA) is 26.0 Å². The highest BCUT2D eigenvalue weighted by atomic mass is 14.7. The van der Waals surface area contributed by atoms with Gasteiger partial charge >= 0.3 is 0 Å². The van der Waals surface area contributed by atoms with E-state index in [-0.39, 0.29) is 0 Å². The van der Waals surface area contributed by atoms with E-state index in [0.717, 1.165) is 0 Å². The van der Waals surface area contributed by atoms with Crippen molar-refractivity contribution >= 4 is 0 Å². The normalized spacial score (nSPS) is 34.2. The third kappa shape index (κ3) is 1.37. The van der Waals surface area contributed by atoms with Crippen LogP contribution in [-0.2, 0) is 5.41 Å². The van der Waals surface area contributed by atoms with Gasteiger partial charge in [-0.25, -0.2) is 0 Å². The van der Waals surface area contributed by atoms with Gasteiger partial charge in [0.2, 0.25) is 0 Å². The first-order valence-corrected chi connectivity index (χ1v) is 4.96. The number of hydrogen-bond donors (Lipinski definition) is 1. The minimum absolute atomic E-state index is 0.324. The molecule has 1 nitrogen and oxygen atoms in total. The average molecular weight is 175 g/mol. The van der Waals surface area contributed by atoms with Crippen LogP contribution in [0.1, 0.15) is 25.8 Å². The van der Waals surface area contributed by atoms with Gasteiger partial charge in [-0.3, -0.25) is 0 Å². The molecule has 0 saturated heterocycles. The Bertz CT molecular complexity index is 291. The molecule has 13 heavy (non-hydrogen) atoms. The molecule has 1 saturated carbocycles. The summed E-state index contributed by atoms with van der Waals surface area (Å²) in [4.78, 5) is 0. The maximum atomic E-state index is 5.91. The van der Waals surface area contributed by atoms with Crippen LogP contribution in [0.25, 0.3) is 0 Å². The first-order valence-electron chi connectivity index (χ1n) is 4.96. The second kappa shape index (κ2) is 2.85. The fourth-order valence-electron chi connectivity index (χ4n) is 2.31. The summed E-state index contributed by atoms with van der Waals surface area (Å²) in [5, 5.41) is 0. The first kappa shape index (κ1) is 8.76. The molecule has 0 spiro atoms. The van der Waals surface area contributed by atoms with E-state index >= 15 is 0 Å². The van der Waals surface area contributed by atoms with Gasteiger partial charge in [0, 0.05) is 6.04 Å². The van der Waals surface area contributed by atoms with Gasteiger partial charge in [-0.2, -0.15) is 0 Å². The van der Waals surface area contributed by atoms with Gasteiger partial charge < -0.3 is 5.73 Å². The summed E-state index contributed by atoms with van der Waals surface area (Å²) in [7, 11) is 0. The zero-order chi connectivity index (χ0) is 9.47. The van der Waals surface area contributed by atoms with E-state index in [9.17, 15) is 0 Å². The van der Waals surface area contributed by atoms with E-state index in [1.807, 2.05) is 0 Å². The Hall–Kier alpha value is -0.820. The van der Waals surface area contributed by atoms with Gasteiger partial charge in [-0.15, -0.1) is 0 Å². The molecular formula is C12H17N. The Kier molecular flexibility index (Phi) is 1.92. The molecule has 0 heterocycles. The van der Waals surface area contributed by atoms with E-state index in [2.05, 4.69) is 44.2 Å². The van der Waals surface area contributed by atoms with Crippen molar-refractivity contribution in [2.24, 2.45) is 11.7 Å². The summed E-state index contributed by atoms with van der Waals surface area (Å²) in [6, 6.07) is 11.0. The predicted molar refractivity (Wildman–Crippen MR) is 55.6 cm³/mol. The maximum absolute atomic E-state index is 5.91. The van der Waals surface area contributed by atoms with Crippen LogP contribution in [-0.4, -0.2) is 6.04 Å². The van der Waals surface area contributed by atoms with Gasteiger partial charge in [-0.1, -0.05) is 37.3 Å². The van der Waals surface area contributed by atoms with Crippen molar-refractivity contribution < 1.29 is 0 Å². The van der Waals surface area contributed by atoms with E-state index in [4.69, 9.17) is 5.73 Å². The van der Waals surface area contributed by atoms with E-state index in [1.54, 1.807) is 0 Å². The Balaban J connectivity index is 2.21. The minimum Gasteiger partial charge on any atom is -0.328 e. The molecule has 1 aromatic rings. The summed E-state index contributed by atoms with van der Waals surface area (Å²) in [6.07, 6.45) is 1.24. The second-order valence-corrected chi connectivity index (χ2v) is 4.45. The second-order valence-electron chi connectivity index (χ2n) is 4.45. The molecule has 3 atom stereocenters. The molecule has 0 amide bonds. The number of hydrogen-bond acceptors (Lipinski definition) is 1. The molecule has 0 bridgehead atoms. The van der Waals surface area contributed by atoms with Crippen molar-refractivity contribution in [2.75, 3.05) is 0 Å². The fraction of sp³-hybridized carbons (Fsp3) is 0.500. The molecule has 2 N–H and O–H groups in total. The third-order valence-electron chi connectivity index (χ3n) is 3.37. The van der Waals surface area contributed by atoms with Crippen LogP contribution in [0, 0.1) is 5.92 Å². The number of rotatable bonds is 2. The van der Waals surface area contributed by atoms with Crippen LogP contribution >= 0.6 is 0 Å². The molecule has 1 fully saturated rings. The number of nitrogens with two attached hydrogens (primary N) is 1. The summed E-state index contributed by atoms with van der Waals surface area (Å²) in [5.74, 6) is 0.676. The highest BCUT2D eigenvalue weighted by molar-refractivity contribution is 5.33.